The predicted molar refractivity (Wildman–Crippen MR) is 88.8 cm³/mol. The number of carbonyl (C=O) groups excluding carboxylic acids is 1. The van der Waals surface area contributed by atoms with Crippen LogP contribution in [0.1, 0.15) is 19.9 Å². The molecular weight excluding hydrogens is 326 g/mol. The number of aromatic nitrogens is 5. The van der Waals surface area contributed by atoms with Crippen molar-refractivity contribution in [2.45, 2.75) is 19.9 Å². The lowest BCUT2D eigenvalue weighted by Gasteiger charge is -2.12. The number of benzene rings is 1. The van der Waals surface area contributed by atoms with Gasteiger partial charge in [0.2, 0.25) is 0 Å². The minimum atomic E-state index is -0.796. The average molecular weight is 343 g/mol. The molecule has 0 aliphatic heterocycles. The molecular formula is C16H17N5O4. The molecule has 0 amide bonds. The van der Waals surface area contributed by atoms with Crippen molar-refractivity contribution < 1.29 is 14.3 Å². The lowest BCUT2D eigenvalue weighted by Crippen LogP contribution is -2.29. The normalized spacial score (nSPS) is 12.1. The third kappa shape index (κ3) is 2.95. The molecule has 0 aliphatic rings. The molecule has 0 saturated carbocycles. The lowest BCUT2D eigenvalue weighted by molar-refractivity contribution is -0.146. The fourth-order valence-corrected chi connectivity index (χ4v) is 2.37. The van der Waals surface area contributed by atoms with Gasteiger partial charge in [-0.05, 0) is 38.1 Å². The van der Waals surface area contributed by atoms with E-state index in [9.17, 15) is 9.59 Å². The van der Waals surface area contributed by atoms with Crippen LogP contribution in [0.5, 0.6) is 5.75 Å². The zero-order valence-corrected chi connectivity index (χ0v) is 14.0. The maximum absolute atomic E-state index is 12.6. The van der Waals surface area contributed by atoms with Crippen LogP contribution in [-0.4, -0.2) is 44.2 Å². The Hall–Kier alpha value is -3.23. The highest BCUT2D eigenvalue weighted by Crippen LogP contribution is 2.17. The van der Waals surface area contributed by atoms with Crippen molar-refractivity contribution in [1.82, 2.24) is 24.5 Å². The van der Waals surface area contributed by atoms with E-state index in [2.05, 4.69) is 15.3 Å². The molecule has 9 heteroatoms. The molecule has 2 heterocycles. The second kappa shape index (κ2) is 6.71. The zero-order chi connectivity index (χ0) is 18.0. The molecule has 0 aliphatic carbocycles. The number of hydrogen-bond donors (Lipinski definition) is 0. The number of nitrogens with zero attached hydrogens (tertiary/aromatic N) is 5. The Morgan fingerprint density at radius 2 is 2.00 bits per heavy atom. The first-order chi connectivity index (χ1) is 12.1. The first-order valence-electron chi connectivity index (χ1n) is 7.70. The van der Waals surface area contributed by atoms with Crippen LogP contribution in [0.4, 0.5) is 0 Å². The first kappa shape index (κ1) is 16.6. The minimum Gasteiger partial charge on any atom is -0.497 e. The van der Waals surface area contributed by atoms with Crippen LogP contribution >= 0.6 is 0 Å². The van der Waals surface area contributed by atoms with E-state index in [-0.39, 0.29) is 12.1 Å². The van der Waals surface area contributed by atoms with Crippen LogP contribution in [0.15, 0.2) is 35.4 Å². The van der Waals surface area contributed by atoms with Gasteiger partial charge in [0.15, 0.2) is 11.2 Å². The Morgan fingerprint density at radius 3 is 2.64 bits per heavy atom. The summed E-state index contributed by atoms with van der Waals surface area (Å²) in [5.74, 6) is 0.194. The molecule has 0 radical (unpaired) electrons. The average Bonchev–Trinajstić information content (AvgIpc) is 3.07. The highest BCUT2D eigenvalue weighted by atomic mass is 16.5. The van der Waals surface area contributed by atoms with Crippen molar-refractivity contribution in [2.75, 3.05) is 13.7 Å². The number of hydrogen-bond acceptors (Lipinski definition) is 7. The van der Waals surface area contributed by atoms with E-state index in [0.717, 1.165) is 0 Å². The van der Waals surface area contributed by atoms with E-state index in [4.69, 9.17) is 9.47 Å². The van der Waals surface area contributed by atoms with Gasteiger partial charge in [-0.15, -0.1) is 5.10 Å². The fourth-order valence-electron chi connectivity index (χ4n) is 2.37. The molecule has 25 heavy (non-hydrogen) atoms. The van der Waals surface area contributed by atoms with E-state index in [1.165, 1.54) is 15.6 Å². The molecule has 0 N–H and O–H groups in total. The molecule has 130 valence electrons. The summed E-state index contributed by atoms with van der Waals surface area (Å²) >= 11 is 0. The monoisotopic (exact) mass is 343 g/mol. The van der Waals surface area contributed by atoms with E-state index in [1.807, 2.05) is 0 Å². The smallest absolute Gasteiger partial charge is 0.328 e. The van der Waals surface area contributed by atoms with Crippen LogP contribution in [0.3, 0.4) is 0 Å². The summed E-state index contributed by atoms with van der Waals surface area (Å²) in [6.07, 6.45) is 1.30. The van der Waals surface area contributed by atoms with Gasteiger partial charge in [-0.25, -0.2) is 9.78 Å². The molecule has 1 atom stereocenters. The summed E-state index contributed by atoms with van der Waals surface area (Å²) in [5, 5.41) is 7.92. The van der Waals surface area contributed by atoms with Gasteiger partial charge in [-0.2, -0.15) is 4.68 Å². The Labute approximate surface area is 142 Å². The molecule has 0 fully saturated rings. The molecule has 2 aromatic heterocycles. The van der Waals surface area contributed by atoms with Gasteiger partial charge < -0.3 is 9.47 Å². The third-order valence-electron chi connectivity index (χ3n) is 3.75. The Morgan fingerprint density at radius 1 is 1.28 bits per heavy atom. The van der Waals surface area contributed by atoms with Crippen LogP contribution < -0.4 is 10.3 Å². The number of fused-ring (bicyclic) bond motifs is 1. The van der Waals surface area contributed by atoms with Crippen LogP contribution in [-0.2, 0) is 9.53 Å². The molecule has 0 bridgehead atoms. The molecule has 3 rings (SSSR count). The Bertz CT molecular complexity index is 961. The highest BCUT2D eigenvalue weighted by molar-refractivity contribution is 5.75. The SMILES string of the molecule is CCOC(=O)[C@@H](C)n1cnc2c(nnn2-c2ccc(OC)cc2)c1=O. The van der Waals surface area contributed by atoms with Gasteiger partial charge in [0, 0.05) is 0 Å². The van der Waals surface area contributed by atoms with E-state index in [1.54, 1.807) is 45.2 Å². The topological polar surface area (TPSA) is 101 Å². The van der Waals surface area contributed by atoms with Gasteiger partial charge in [0.05, 0.1) is 19.4 Å². The van der Waals surface area contributed by atoms with Crippen molar-refractivity contribution in [3.8, 4) is 11.4 Å². The van der Waals surface area contributed by atoms with Crippen LogP contribution in [0.25, 0.3) is 16.9 Å². The number of ether oxygens (including phenoxy) is 2. The third-order valence-corrected chi connectivity index (χ3v) is 3.75. The quantitative estimate of drug-likeness (QED) is 0.640. The Balaban J connectivity index is 2.04. The van der Waals surface area contributed by atoms with Gasteiger partial charge >= 0.3 is 5.97 Å². The molecule has 0 saturated heterocycles. The van der Waals surface area contributed by atoms with Gasteiger partial charge in [0.1, 0.15) is 18.1 Å². The maximum Gasteiger partial charge on any atom is 0.328 e. The first-order valence-corrected chi connectivity index (χ1v) is 7.70. The summed E-state index contributed by atoms with van der Waals surface area (Å²) < 4.78 is 12.7. The molecule has 0 spiro atoms. The fraction of sp³-hybridized carbons (Fsp3) is 0.312. The van der Waals surface area contributed by atoms with Crippen molar-refractivity contribution in [2.24, 2.45) is 0 Å². The maximum atomic E-state index is 12.6. The van der Waals surface area contributed by atoms with Crippen molar-refractivity contribution in [3.63, 3.8) is 0 Å². The largest absolute Gasteiger partial charge is 0.497 e. The minimum absolute atomic E-state index is 0.0782. The molecule has 0 unspecified atom stereocenters. The van der Waals surface area contributed by atoms with Crippen LogP contribution in [0, 0.1) is 0 Å². The summed E-state index contributed by atoms with van der Waals surface area (Å²) in [5.41, 5.74) is 0.619. The van der Waals surface area contributed by atoms with E-state index < -0.39 is 17.6 Å². The highest BCUT2D eigenvalue weighted by Gasteiger charge is 2.21. The lowest BCUT2D eigenvalue weighted by atomic mass is 10.3. The number of esters is 1. The van der Waals surface area contributed by atoms with Gasteiger partial charge in [0.25, 0.3) is 5.56 Å². The van der Waals surface area contributed by atoms with Crippen molar-refractivity contribution in [3.05, 3.63) is 40.9 Å². The second-order valence-electron chi connectivity index (χ2n) is 5.26. The van der Waals surface area contributed by atoms with Crippen LogP contribution in [0.2, 0.25) is 0 Å². The number of methoxy groups -OCH3 is 1. The molecule has 1 aromatic carbocycles. The second-order valence-corrected chi connectivity index (χ2v) is 5.26. The summed E-state index contributed by atoms with van der Waals surface area (Å²) in [6.45, 7) is 3.51. The number of rotatable bonds is 5. The Kier molecular flexibility index (Phi) is 4.46. The molecule has 9 nitrogen and oxygen atoms in total. The molecule has 3 aromatic rings. The van der Waals surface area contributed by atoms with Gasteiger partial charge in [-0.3, -0.25) is 9.36 Å². The summed E-state index contributed by atoms with van der Waals surface area (Å²) in [7, 11) is 1.58. The zero-order valence-electron chi connectivity index (χ0n) is 14.0. The van der Waals surface area contributed by atoms with E-state index >= 15 is 0 Å². The van der Waals surface area contributed by atoms with Crippen molar-refractivity contribution in [1.29, 1.82) is 0 Å². The van der Waals surface area contributed by atoms with Gasteiger partial charge in [-0.1, -0.05) is 5.21 Å². The summed E-state index contributed by atoms with van der Waals surface area (Å²) in [4.78, 5) is 28.7. The predicted octanol–water partition coefficient (Wildman–Crippen LogP) is 1.11. The number of carbonyl (C=O) groups is 1. The summed E-state index contributed by atoms with van der Waals surface area (Å²) in [6, 6.07) is 6.30. The van der Waals surface area contributed by atoms with E-state index in [0.29, 0.717) is 17.1 Å². The van der Waals surface area contributed by atoms with Crippen molar-refractivity contribution >= 4 is 17.1 Å². The standard InChI is InChI=1S/C16H17N5O4/c1-4-25-16(23)10(2)20-9-17-14-13(15(20)22)18-19-21(14)11-5-7-12(24-3)8-6-11/h5-10H,4H2,1-3H3/t10-/m1/s1.